The third-order valence-electron chi connectivity index (χ3n) is 3.09. The molecule has 0 aliphatic carbocycles. The zero-order valence-corrected chi connectivity index (χ0v) is 12.3. The number of halogens is 3. The Bertz CT molecular complexity index is 391. The first-order valence-electron chi connectivity index (χ1n) is 6.74. The van der Waals surface area contributed by atoms with Crippen molar-refractivity contribution in [1.29, 1.82) is 0 Å². The minimum absolute atomic E-state index is 0.428. The summed E-state index contributed by atoms with van der Waals surface area (Å²) < 4.78 is 37.2. The highest BCUT2D eigenvalue weighted by Crippen LogP contribution is 2.28. The van der Waals surface area contributed by atoms with Gasteiger partial charge in [0, 0.05) is 31.4 Å². The molecule has 0 aromatic carbocycles. The van der Waals surface area contributed by atoms with Crippen LogP contribution in [0.25, 0.3) is 0 Å². The predicted molar refractivity (Wildman–Crippen MR) is 74.7 cm³/mol. The Labute approximate surface area is 118 Å². The molecule has 0 atom stereocenters. The van der Waals surface area contributed by atoms with E-state index in [9.17, 15) is 13.2 Å². The Kier molecular flexibility index (Phi) is 5.80. The molecule has 0 unspecified atom stereocenters. The highest BCUT2D eigenvalue weighted by Gasteiger charge is 2.30. The number of pyridine rings is 1. The van der Waals surface area contributed by atoms with Crippen molar-refractivity contribution in [2.75, 3.05) is 18.4 Å². The van der Waals surface area contributed by atoms with E-state index in [-0.39, 0.29) is 0 Å². The lowest BCUT2D eigenvalue weighted by Crippen LogP contribution is -2.40. The van der Waals surface area contributed by atoms with Crippen molar-refractivity contribution >= 4 is 5.82 Å². The van der Waals surface area contributed by atoms with Gasteiger partial charge in [-0.3, -0.25) is 4.90 Å². The summed E-state index contributed by atoms with van der Waals surface area (Å²) in [5.74, 6) is 0.463. The van der Waals surface area contributed by atoms with Gasteiger partial charge in [0.15, 0.2) is 0 Å². The van der Waals surface area contributed by atoms with Gasteiger partial charge in [0.25, 0.3) is 0 Å². The Morgan fingerprint density at radius 3 is 2.15 bits per heavy atom. The molecule has 20 heavy (non-hydrogen) atoms. The van der Waals surface area contributed by atoms with Crippen LogP contribution < -0.4 is 5.32 Å². The second-order valence-electron chi connectivity index (χ2n) is 5.28. The molecule has 0 radical (unpaired) electrons. The van der Waals surface area contributed by atoms with E-state index in [2.05, 4.69) is 42.9 Å². The van der Waals surface area contributed by atoms with E-state index in [0.717, 1.165) is 18.8 Å². The van der Waals surface area contributed by atoms with Crippen molar-refractivity contribution in [3.05, 3.63) is 23.9 Å². The quantitative estimate of drug-likeness (QED) is 0.866. The summed E-state index contributed by atoms with van der Waals surface area (Å²) in [5, 5.41) is 3.04. The molecule has 3 nitrogen and oxygen atoms in total. The molecule has 1 rings (SSSR count). The lowest BCUT2D eigenvalue weighted by atomic mass is 10.2. The SMILES string of the molecule is CC(C)N(CCNc1ccc(C(F)(F)F)cn1)C(C)C. The van der Waals surface area contributed by atoms with Crippen molar-refractivity contribution in [3.8, 4) is 0 Å². The van der Waals surface area contributed by atoms with E-state index in [1.165, 1.54) is 6.07 Å². The number of alkyl halides is 3. The Morgan fingerprint density at radius 1 is 1.15 bits per heavy atom. The number of aromatic nitrogens is 1. The van der Waals surface area contributed by atoms with Crippen LogP contribution >= 0.6 is 0 Å². The van der Waals surface area contributed by atoms with Crippen molar-refractivity contribution in [2.24, 2.45) is 0 Å². The van der Waals surface area contributed by atoms with E-state index in [1.807, 2.05) is 0 Å². The number of hydrogen-bond acceptors (Lipinski definition) is 3. The lowest BCUT2D eigenvalue weighted by molar-refractivity contribution is -0.137. The third kappa shape index (κ3) is 5.00. The number of rotatable bonds is 6. The number of nitrogens with one attached hydrogen (secondary N) is 1. The zero-order valence-electron chi connectivity index (χ0n) is 12.3. The van der Waals surface area contributed by atoms with Crippen molar-refractivity contribution in [2.45, 2.75) is 46.0 Å². The smallest absolute Gasteiger partial charge is 0.369 e. The Morgan fingerprint density at radius 2 is 1.75 bits per heavy atom. The van der Waals surface area contributed by atoms with Gasteiger partial charge in [0.1, 0.15) is 5.82 Å². The lowest BCUT2D eigenvalue weighted by Gasteiger charge is -2.30. The molecule has 1 N–H and O–H groups in total. The molecule has 0 amide bonds. The normalized spacial score (nSPS) is 12.5. The maximum absolute atomic E-state index is 12.4. The third-order valence-corrected chi connectivity index (χ3v) is 3.09. The molecule has 0 saturated heterocycles. The van der Waals surface area contributed by atoms with E-state index in [4.69, 9.17) is 0 Å². The molecule has 0 saturated carbocycles. The summed E-state index contributed by atoms with van der Waals surface area (Å²) in [4.78, 5) is 6.08. The number of anilines is 1. The van der Waals surface area contributed by atoms with Gasteiger partial charge in [0.05, 0.1) is 5.56 Å². The van der Waals surface area contributed by atoms with E-state index in [0.29, 0.717) is 24.4 Å². The van der Waals surface area contributed by atoms with Crippen LogP contribution in [0.4, 0.5) is 19.0 Å². The van der Waals surface area contributed by atoms with Gasteiger partial charge in [-0.15, -0.1) is 0 Å². The predicted octanol–water partition coefficient (Wildman–Crippen LogP) is 3.63. The van der Waals surface area contributed by atoms with Gasteiger partial charge in [-0.2, -0.15) is 13.2 Å². The minimum Gasteiger partial charge on any atom is -0.369 e. The van der Waals surface area contributed by atoms with Gasteiger partial charge in [-0.25, -0.2) is 4.98 Å². The fraction of sp³-hybridized carbons (Fsp3) is 0.643. The molecular weight excluding hydrogens is 267 g/mol. The monoisotopic (exact) mass is 289 g/mol. The van der Waals surface area contributed by atoms with Crippen molar-refractivity contribution < 1.29 is 13.2 Å². The maximum Gasteiger partial charge on any atom is 0.417 e. The molecule has 6 heteroatoms. The number of nitrogens with zero attached hydrogens (tertiary/aromatic N) is 2. The average molecular weight is 289 g/mol. The van der Waals surface area contributed by atoms with Crippen LogP contribution in [0.5, 0.6) is 0 Å². The second-order valence-corrected chi connectivity index (χ2v) is 5.28. The van der Waals surface area contributed by atoms with Crippen LogP contribution in [0.3, 0.4) is 0 Å². The summed E-state index contributed by atoms with van der Waals surface area (Å²) >= 11 is 0. The molecule has 1 aromatic heterocycles. The molecular formula is C14H22F3N3. The average Bonchev–Trinajstić information content (AvgIpc) is 2.33. The standard InChI is InChI=1S/C14H22F3N3/c1-10(2)20(11(3)4)8-7-18-13-6-5-12(9-19-13)14(15,16)17/h5-6,9-11H,7-8H2,1-4H3,(H,18,19). The van der Waals surface area contributed by atoms with Gasteiger partial charge >= 0.3 is 6.18 Å². The molecule has 114 valence electrons. The fourth-order valence-electron chi connectivity index (χ4n) is 2.09. The molecule has 0 fully saturated rings. The van der Waals surface area contributed by atoms with Crippen LogP contribution in [-0.2, 0) is 6.18 Å². The van der Waals surface area contributed by atoms with Gasteiger partial charge < -0.3 is 5.32 Å². The van der Waals surface area contributed by atoms with Crippen LogP contribution in [0.15, 0.2) is 18.3 Å². The first-order valence-corrected chi connectivity index (χ1v) is 6.74. The minimum atomic E-state index is -4.34. The van der Waals surface area contributed by atoms with Crippen molar-refractivity contribution in [3.63, 3.8) is 0 Å². The zero-order chi connectivity index (χ0) is 15.3. The van der Waals surface area contributed by atoms with Gasteiger partial charge in [-0.1, -0.05) is 0 Å². The van der Waals surface area contributed by atoms with Gasteiger partial charge in [0.2, 0.25) is 0 Å². The summed E-state index contributed by atoms with van der Waals surface area (Å²) in [7, 11) is 0. The number of hydrogen-bond donors (Lipinski definition) is 1. The van der Waals surface area contributed by atoms with E-state index >= 15 is 0 Å². The summed E-state index contributed by atoms with van der Waals surface area (Å²) in [5.41, 5.74) is -0.728. The highest BCUT2D eigenvalue weighted by atomic mass is 19.4. The summed E-state index contributed by atoms with van der Waals surface area (Å²) in [6, 6.07) is 3.25. The first-order chi connectivity index (χ1) is 9.21. The topological polar surface area (TPSA) is 28.2 Å². The van der Waals surface area contributed by atoms with E-state index in [1.54, 1.807) is 0 Å². The summed E-state index contributed by atoms with van der Waals surface area (Å²) in [6.07, 6.45) is -3.48. The molecule has 1 aromatic rings. The molecule has 0 spiro atoms. The fourth-order valence-corrected chi connectivity index (χ4v) is 2.09. The Balaban J connectivity index is 2.50. The van der Waals surface area contributed by atoms with Gasteiger partial charge in [-0.05, 0) is 39.8 Å². The molecule has 0 aliphatic rings. The molecule has 1 heterocycles. The molecule has 0 bridgehead atoms. The van der Waals surface area contributed by atoms with Crippen LogP contribution in [0.1, 0.15) is 33.3 Å². The van der Waals surface area contributed by atoms with Crippen LogP contribution in [-0.4, -0.2) is 35.1 Å². The van der Waals surface area contributed by atoms with Crippen molar-refractivity contribution in [1.82, 2.24) is 9.88 Å². The van der Waals surface area contributed by atoms with Crippen LogP contribution in [0, 0.1) is 0 Å². The summed E-state index contributed by atoms with van der Waals surface area (Å²) in [6.45, 7) is 9.95. The van der Waals surface area contributed by atoms with Crippen LogP contribution in [0.2, 0.25) is 0 Å². The Hall–Kier alpha value is -1.30. The second kappa shape index (κ2) is 6.92. The first kappa shape index (κ1) is 16.8. The van der Waals surface area contributed by atoms with E-state index < -0.39 is 11.7 Å². The maximum atomic E-state index is 12.4. The largest absolute Gasteiger partial charge is 0.417 e. The highest BCUT2D eigenvalue weighted by molar-refractivity contribution is 5.36. The molecule has 0 aliphatic heterocycles.